The van der Waals surface area contributed by atoms with Crippen LogP contribution in [0.3, 0.4) is 0 Å². The summed E-state index contributed by atoms with van der Waals surface area (Å²) in [5, 5.41) is 11.6. The summed E-state index contributed by atoms with van der Waals surface area (Å²) in [6.07, 6.45) is 1.53. The summed E-state index contributed by atoms with van der Waals surface area (Å²) in [6, 6.07) is 7.77. The van der Waals surface area contributed by atoms with E-state index in [1.807, 2.05) is 13.8 Å². The highest BCUT2D eigenvalue weighted by Crippen LogP contribution is 2.25. The van der Waals surface area contributed by atoms with Crippen LogP contribution in [0.25, 0.3) is 0 Å². The third kappa shape index (κ3) is 13.5. The lowest BCUT2D eigenvalue weighted by atomic mass is 10.1. The lowest BCUT2D eigenvalue weighted by Crippen LogP contribution is -2.49. The molecule has 0 heterocycles. The molecule has 0 fully saturated rings. The van der Waals surface area contributed by atoms with Gasteiger partial charge in [0.25, 0.3) is 5.91 Å². The zero-order chi connectivity index (χ0) is 22.4. The molecule has 11 heteroatoms. The van der Waals surface area contributed by atoms with E-state index in [1.54, 1.807) is 35.2 Å². The van der Waals surface area contributed by atoms with Crippen molar-refractivity contribution in [3.05, 3.63) is 35.9 Å². The second-order valence-corrected chi connectivity index (χ2v) is 7.19. The predicted molar refractivity (Wildman–Crippen MR) is 106 cm³/mol. The quantitative estimate of drug-likeness (QED) is 0.346. The van der Waals surface area contributed by atoms with Gasteiger partial charge in [-0.1, -0.05) is 32.0 Å². The Kier molecular flexibility index (Phi) is 12.8. The van der Waals surface area contributed by atoms with Gasteiger partial charge >= 0.3 is 13.8 Å². The molecule has 5 N–H and O–H groups in total. The van der Waals surface area contributed by atoms with Crippen molar-refractivity contribution >= 4 is 25.6 Å². The molecule has 0 saturated heterocycles. The average Bonchev–Trinajstić information content (AvgIpc) is 2.63. The number of hydrogen-bond donors (Lipinski definition) is 5. The summed E-state index contributed by atoms with van der Waals surface area (Å²) in [7, 11) is -4.64. The molecule has 0 aliphatic carbocycles. The fourth-order valence-corrected chi connectivity index (χ4v) is 2.45. The fraction of sp³-hybridized carbons (Fsp3) is 0.500. The van der Waals surface area contributed by atoms with E-state index in [9.17, 15) is 14.4 Å². The topological polar surface area (TPSA) is 164 Å². The van der Waals surface area contributed by atoms with Crippen LogP contribution < -0.4 is 5.32 Å². The first-order chi connectivity index (χ1) is 13.5. The van der Waals surface area contributed by atoms with Gasteiger partial charge in [0.05, 0.1) is 0 Å². The van der Waals surface area contributed by atoms with Gasteiger partial charge in [-0.15, -0.1) is 0 Å². The molecular formula is C18H29N2O8P. The van der Waals surface area contributed by atoms with Crippen molar-refractivity contribution in [2.45, 2.75) is 45.6 Å². The van der Waals surface area contributed by atoms with Gasteiger partial charge in [-0.25, -0.2) is 4.57 Å². The SMILES string of the molecule is CCCN(CCC)C(=O)C(CCC(=O)O)NC(=O)c1ccccc1.O=P(O)(O)O. The van der Waals surface area contributed by atoms with E-state index in [0.717, 1.165) is 12.8 Å². The average molecular weight is 432 g/mol. The maximum Gasteiger partial charge on any atom is 0.466 e. The van der Waals surface area contributed by atoms with Crippen LogP contribution in [0.1, 0.15) is 49.9 Å². The number of rotatable bonds is 10. The fourth-order valence-electron chi connectivity index (χ4n) is 2.45. The highest BCUT2D eigenvalue weighted by Gasteiger charge is 2.26. The highest BCUT2D eigenvalue weighted by molar-refractivity contribution is 7.45. The Morgan fingerprint density at radius 1 is 1.03 bits per heavy atom. The molecule has 1 aromatic carbocycles. The van der Waals surface area contributed by atoms with E-state index in [0.29, 0.717) is 18.7 Å². The number of amides is 2. The van der Waals surface area contributed by atoms with E-state index in [4.69, 9.17) is 24.4 Å². The summed E-state index contributed by atoms with van der Waals surface area (Å²) in [5.74, 6) is -1.57. The second-order valence-electron chi connectivity index (χ2n) is 6.16. The Labute approximate surface area is 169 Å². The standard InChI is InChI=1S/C18H26N2O4.H3O4P/c1-3-12-20(13-4-2)18(24)15(10-11-16(21)22)19-17(23)14-8-6-5-7-9-14;1-5(2,3)4/h5-9,15H,3-4,10-13H2,1-2H3,(H,19,23)(H,21,22);(H3,1,2,3,4). The number of benzene rings is 1. The number of phosphoric acid groups is 1. The molecule has 0 saturated carbocycles. The largest absolute Gasteiger partial charge is 0.481 e. The molecule has 1 rings (SSSR count). The molecular weight excluding hydrogens is 403 g/mol. The van der Waals surface area contributed by atoms with E-state index in [-0.39, 0.29) is 24.7 Å². The van der Waals surface area contributed by atoms with Crippen molar-refractivity contribution in [2.24, 2.45) is 0 Å². The summed E-state index contributed by atoms with van der Waals surface area (Å²) in [6.45, 7) is 5.14. The van der Waals surface area contributed by atoms with Crippen molar-refractivity contribution in [1.82, 2.24) is 10.2 Å². The van der Waals surface area contributed by atoms with Gasteiger partial charge in [0.15, 0.2) is 0 Å². The number of hydrogen-bond acceptors (Lipinski definition) is 4. The zero-order valence-electron chi connectivity index (χ0n) is 16.5. The monoisotopic (exact) mass is 432 g/mol. The molecule has 0 bridgehead atoms. The first kappa shape index (κ1) is 26.7. The van der Waals surface area contributed by atoms with Crippen LogP contribution >= 0.6 is 7.82 Å². The lowest BCUT2D eigenvalue weighted by Gasteiger charge is -2.27. The van der Waals surface area contributed by atoms with Crippen LogP contribution in [-0.2, 0) is 14.2 Å². The molecule has 29 heavy (non-hydrogen) atoms. The maximum absolute atomic E-state index is 12.7. The van der Waals surface area contributed by atoms with Crippen molar-refractivity contribution < 1.29 is 38.7 Å². The summed E-state index contributed by atoms with van der Waals surface area (Å²) >= 11 is 0. The Morgan fingerprint density at radius 3 is 1.93 bits per heavy atom. The van der Waals surface area contributed by atoms with Crippen LogP contribution in [0.2, 0.25) is 0 Å². The molecule has 164 valence electrons. The number of nitrogens with zero attached hydrogens (tertiary/aromatic N) is 1. The maximum atomic E-state index is 12.7. The van der Waals surface area contributed by atoms with E-state index in [2.05, 4.69) is 5.32 Å². The van der Waals surface area contributed by atoms with Crippen LogP contribution in [0.4, 0.5) is 0 Å². The number of carbonyl (C=O) groups excluding carboxylic acids is 2. The highest BCUT2D eigenvalue weighted by atomic mass is 31.2. The van der Waals surface area contributed by atoms with E-state index >= 15 is 0 Å². The smallest absolute Gasteiger partial charge is 0.466 e. The van der Waals surface area contributed by atoms with Gasteiger partial charge in [-0.3, -0.25) is 14.4 Å². The number of aliphatic carboxylic acids is 1. The molecule has 10 nitrogen and oxygen atoms in total. The number of nitrogens with one attached hydrogen (secondary N) is 1. The van der Waals surface area contributed by atoms with Crippen LogP contribution in [-0.4, -0.2) is 61.6 Å². The molecule has 1 aromatic rings. The molecule has 0 spiro atoms. The van der Waals surface area contributed by atoms with Crippen LogP contribution in [0.5, 0.6) is 0 Å². The van der Waals surface area contributed by atoms with Crippen molar-refractivity contribution in [1.29, 1.82) is 0 Å². The number of carboxylic acid groups (broad SMARTS) is 1. The number of carbonyl (C=O) groups is 3. The third-order valence-corrected chi connectivity index (χ3v) is 3.58. The Balaban J connectivity index is 0.00000139. The van der Waals surface area contributed by atoms with Gasteiger partial charge in [-0.2, -0.15) is 0 Å². The third-order valence-electron chi connectivity index (χ3n) is 3.58. The summed E-state index contributed by atoms with van der Waals surface area (Å²) < 4.78 is 8.88. The molecule has 1 atom stereocenters. The Hall–Kier alpha value is -2.26. The van der Waals surface area contributed by atoms with Gasteiger partial charge < -0.3 is 30.0 Å². The minimum Gasteiger partial charge on any atom is -0.481 e. The summed E-state index contributed by atoms with van der Waals surface area (Å²) in [4.78, 5) is 59.2. The molecule has 2 amide bonds. The van der Waals surface area contributed by atoms with Crippen LogP contribution in [0.15, 0.2) is 30.3 Å². The molecule has 0 radical (unpaired) electrons. The van der Waals surface area contributed by atoms with Gasteiger partial charge in [0.1, 0.15) is 6.04 Å². The lowest BCUT2D eigenvalue weighted by molar-refractivity contribution is -0.138. The van der Waals surface area contributed by atoms with Crippen molar-refractivity contribution in [3.63, 3.8) is 0 Å². The molecule has 1 unspecified atom stereocenters. The first-order valence-electron chi connectivity index (χ1n) is 9.14. The van der Waals surface area contributed by atoms with Crippen molar-refractivity contribution in [2.75, 3.05) is 13.1 Å². The van der Waals surface area contributed by atoms with Gasteiger partial charge in [-0.05, 0) is 31.4 Å². The van der Waals surface area contributed by atoms with Crippen molar-refractivity contribution in [3.8, 4) is 0 Å². The zero-order valence-corrected chi connectivity index (χ0v) is 17.4. The Morgan fingerprint density at radius 2 is 1.52 bits per heavy atom. The molecule has 0 aliphatic heterocycles. The van der Waals surface area contributed by atoms with Crippen LogP contribution in [0, 0.1) is 0 Å². The van der Waals surface area contributed by atoms with Gasteiger partial charge in [0.2, 0.25) is 5.91 Å². The van der Waals surface area contributed by atoms with E-state index < -0.39 is 19.8 Å². The van der Waals surface area contributed by atoms with E-state index in [1.165, 1.54) is 0 Å². The summed E-state index contributed by atoms with van der Waals surface area (Å²) in [5.41, 5.74) is 0.447. The predicted octanol–water partition coefficient (Wildman–Crippen LogP) is 1.37. The molecule has 0 aromatic heterocycles. The minimum absolute atomic E-state index is 0.0800. The second kappa shape index (κ2) is 13.8. The normalized spacial score (nSPS) is 11.6. The Bertz CT molecular complexity index is 678. The molecule has 0 aliphatic rings. The van der Waals surface area contributed by atoms with Gasteiger partial charge in [0, 0.05) is 25.1 Å². The minimum atomic E-state index is -4.64. The first-order valence-corrected chi connectivity index (χ1v) is 10.7. The number of carboxylic acids is 1.